The first kappa shape index (κ1) is 13.6. The van der Waals surface area contributed by atoms with Gasteiger partial charge in [-0.05, 0) is 23.4 Å². The summed E-state index contributed by atoms with van der Waals surface area (Å²) in [6.07, 6.45) is 0. The SMILES string of the molecule is CCSCc1ccc(C(=O)NCC(=O)O)cc1. The van der Waals surface area contributed by atoms with E-state index in [0.717, 1.165) is 17.1 Å². The lowest BCUT2D eigenvalue weighted by Crippen LogP contribution is -2.29. The molecule has 0 unspecified atom stereocenters. The summed E-state index contributed by atoms with van der Waals surface area (Å²) in [6, 6.07) is 7.20. The Morgan fingerprint density at radius 1 is 1.29 bits per heavy atom. The molecule has 92 valence electrons. The van der Waals surface area contributed by atoms with Gasteiger partial charge in [-0.2, -0.15) is 11.8 Å². The number of benzene rings is 1. The smallest absolute Gasteiger partial charge is 0.322 e. The van der Waals surface area contributed by atoms with Crippen molar-refractivity contribution in [3.63, 3.8) is 0 Å². The molecule has 17 heavy (non-hydrogen) atoms. The fraction of sp³-hybridized carbons (Fsp3) is 0.333. The average Bonchev–Trinajstić information content (AvgIpc) is 2.34. The van der Waals surface area contributed by atoms with Gasteiger partial charge in [0.15, 0.2) is 0 Å². The number of aliphatic carboxylic acids is 1. The van der Waals surface area contributed by atoms with E-state index in [1.54, 1.807) is 12.1 Å². The third-order valence-electron chi connectivity index (χ3n) is 2.09. The predicted octanol–water partition coefficient (Wildman–Crippen LogP) is 1.75. The van der Waals surface area contributed by atoms with Gasteiger partial charge in [0.1, 0.15) is 6.54 Å². The summed E-state index contributed by atoms with van der Waals surface area (Å²) in [5.41, 5.74) is 1.64. The summed E-state index contributed by atoms with van der Waals surface area (Å²) in [4.78, 5) is 21.8. The van der Waals surface area contributed by atoms with Crippen molar-refractivity contribution < 1.29 is 14.7 Å². The number of hydrogen-bond acceptors (Lipinski definition) is 3. The minimum atomic E-state index is -1.05. The van der Waals surface area contributed by atoms with Crippen molar-refractivity contribution in [2.75, 3.05) is 12.3 Å². The minimum Gasteiger partial charge on any atom is -0.480 e. The van der Waals surface area contributed by atoms with Crippen molar-refractivity contribution in [2.45, 2.75) is 12.7 Å². The van der Waals surface area contributed by atoms with E-state index in [2.05, 4.69) is 12.2 Å². The second-order valence-corrected chi connectivity index (χ2v) is 4.68. The lowest BCUT2D eigenvalue weighted by atomic mass is 10.1. The molecule has 0 radical (unpaired) electrons. The standard InChI is InChI=1S/C12H15NO3S/c1-2-17-8-9-3-5-10(6-4-9)12(16)13-7-11(14)15/h3-6H,2,7-8H2,1H3,(H,13,16)(H,14,15). The molecular formula is C12H15NO3S. The van der Waals surface area contributed by atoms with Crippen molar-refractivity contribution in [3.05, 3.63) is 35.4 Å². The molecule has 5 heteroatoms. The fourth-order valence-electron chi connectivity index (χ4n) is 1.23. The summed E-state index contributed by atoms with van der Waals surface area (Å²) in [7, 11) is 0. The van der Waals surface area contributed by atoms with Gasteiger partial charge in [-0.15, -0.1) is 0 Å². The van der Waals surface area contributed by atoms with Crippen LogP contribution in [0.2, 0.25) is 0 Å². The molecule has 1 rings (SSSR count). The zero-order valence-corrected chi connectivity index (χ0v) is 10.4. The third kappa shape index (κ3) is 4.91. The average molecular weight is 253 g/mol. The highest BCUT2D eigenvalue weighted by molar-refractivity contribution is 7.98. The molecule has 0 aliphatic heterocycles. The molecule has 4 nitrogen and oxygen atoms in total. The van der Waals surface area contributed by atoms with Gasteiger partial charge in [0, 0.05) is 11.3 Å². The molecule has 0 saturated heterocycles. The number of amides is 1. The van der Waals surface area contributed by atoms with Crippen LogP contribution in [0.1, 0.15) is 22.8 Å². The van der Waals surface area contributed by atoms with E-state index in [9.17, 15) is 9.59 Å². The number of rotatable bonds is 6. The molecule has 0 fully saturated rings. The molecule has 0 aromatic heterocycles. The van der Waals surface area contributed by atoms with Crippen LogP contribution in [0.15, 0.2) is 24.3 Å². The van der Waals surface area contributed by atoms with E-state index < -0.39 is 5.97 Å². The second-order valence-electron chi connectivity index (χ2n) is 3.41. The first-order chi connectivity index (χ1) is 8.13. The Kier molecular flexibility index (Phi) is 5.56. The van der Waals surface area contributed by atoms with Crippen molar-refractivity contribution in [3.8, 4) is 0 Å². The highest BCUT2D eigenvalue weighted by atomic mass is 32.2. The van der Waals surface area contributed by atoms with Crippen LogP contribution in [-0.4, -0.2) is 29.3 Å². The highest BCUT2D eigenvalue weighted by Gasteiger charge is 2.06. The molecule has 0 aliphatic carbocycles. The molecule has 2 N–H and O–H groups in total. The number of nitrogens with one attached hydrogen (secondary N) is 1. The molecule has 0 saturated carbocycles. The Bertz CT molecular complexity index is 389. The Hall–Kier alpha value is -1.49. The van der Waals surface area contributed by atoms with Crippen LogP contribution in [0.25, 0.3) is 0 Å². The Morgan fingerprint density at radius 3 is 2.47 bits per heavy atom. The van der Waals surface area contributed by atoms with E-state index in [-0.39, 0.29) is 12.5 Å². The van der Waals surface area contributed by atoms with Crippen molar-refractivity contribution in [1.82, 2.24) is 5.32 Å². The van der Waals surface area contributed by atoms with Crippen LogP contribution in [-0.2, 0) is 10.5 Å². The number of carbonyl (C=O) groups excluding carboxylic acids is 1. The van der Waals surface area contributed by atoms with Gasteiger partial charge in [0.25, 0.3) is 5.91 Å². The molecule has 0 aliphatic rings. The molecule has 0 atom stereocenters. The van der Waals surface area contributed by atoms with E-state index in [0.29, 0.717) is 5.56 Å². The van der Waals surface area contributed by atoms with Gasteiger partial charge in [-0.25, -0.2) is 0 Å². The van der Waals surface area contributed by atoms with Crippen molar-refractivity contribution in [1.29, 1.82) is 0 Å². The normalized spacial score (nSPS) is 9.94. The molecule has 0 spiro atoms. The number of carboxylic acids is 1. The Morgan fingerprint density at radius 2 is 1.94 bits per heavy atom. The molecular weight excluding hydrogens is 238 g/mol. The zero-order chi connectivity index (χ0) is 12.7. The molecule has 0 bridgehead atoms. The van der Waals surface area contributed by atoms with E-state index in [1.807, 2.05) is 23.9 Å². The minimum absolute atomic E-state index is 0.355. The van der Waals surface area contributed by atoms with Gasteiger partial charge < -0.3 is 10.4 Å². The van der Waals surface area contributed by atoms with Crippen LogP contribution in [0, 0.1) is 0 Å². The predicted molar refractivity (Wildman–Crippen MR) is 68.2 cm³/mol. The number of thioether (sulfide) groups is 1. The number of carboxylic acid groups (broad SMARTS) is 1. The lowest BCUT2D eigenvalue weighted by molar-refractivity contribution is -0.135. The first-order valence-electron chi connectivity index (χ1n) is 5.30. The van der Waals surface area contributed by atoms with Crippen LogP contribution >= 0.6 is 11.8 Å². The van der Waals surface area contributed by atoms with Crippen molar-refractivity contribution >= 4 is 23.6 Å². The Labute approximate surface area is 104 Å². The summed E-state index contributed by atoms with van der Waals surface area (Å²) in [5, 5.41) is 10.8. The zero-order valence-electron chi connectivity index (χ0n) is 9.60. The first-order valence-corrected chi connectivity index (χ1v) is 6.45. The monoisotopic (exact) mass is 253 g/mol. The fourth-order valence-corrected chi connectivity index (χ4v) is 1.86. The summed E-state index contributed by atoms with van der Waals surface area (Å²) in [5.74, 6) is 0.574. The summed E-state index contributed by atoms with van der Waals surface area (Å²) < 4.78 is 0. The number of carbonyl (C=O) groups is 2. The van der Waals surface area contributed by atoms with E-state index >= 15 is 0 Å². The van der Waals surface area contributed by atoms with Crippen molar-refractivity contribution in [2.24, 2.45) is 0 Å². The quantitative estimate of drug-likeness (QED) is 0.810. The second kappa shape index (κ2) is 6.96. The van der Waals surface area contributed by atoms with Gasteiger partial charge in [-0.3, -0.25) is 9.59 Å². The van der Waals surface area contributed by atoms with Gasteiger partial charge in [0.2, 0.25) is 0 Å². The van der Waals surface area contributed by atoms with Crippen LogP contribution in [0.3, 0.4) is 0 Å². The Balaban J connectivity index is 2.54. The summed E-state index contributed by atoms with van der Waals surface area (Å²) >= 11 is 1.81. The molecule has 0 heterocycles. The highest BCUT2D eigenvalue weighted by Crippen LogP contribution is 2.12. The molecule has 1 aromatic carbocycles. The lowest BCUT2D eigenvalue weighted by Gasteiger charge is -2.04. The van der Waals surface area contributed by atoms with E-state index in [4.69, 9.17) is 5.11 Å². The third-order valence-corrected chi connectivity index (χ3v) is 3.03. The topological polar surface area (TPSA) is 66.4 Å². The van der Waals surface area contributed by atoms with Crippen LogP contribution in [0.5, 0.6) is 0 Å². The van der Waals surface area contributed by atoms with Gasteiger partial charge in [0.05, 0.1) is 0 Å². The molecule has 1 aromatic rings. The van der Waals surface area contributed by atoms with Crippen LogP contribution in [0.4, 0.5) is 0 Å². The number of hydrogen-bond donors (Lipinski definition) is 2. The van der Waals surface area contributed by atoms with E-state index in [1.165, 1.54) is 0 Å². The summed E-state index contributed by atoms with van der Waals surface area (Å²) in [6.45, 7) is 1.74. The maximum absolute atomic E-state index is 11.5. The maximum atomic E-state index is 11.5. The maximum Gasteiger partial charge on any atom is 0.322 e. The largest absolute Gasteiger partial charge is 0.480 e. The van der Waals surface area contributed by atoms with Gasteiger partial charge in [-0.1, -0.05) is 19.1 Å². The van der Waals surface area contributed by atoms with Crippen LogP contribution < -0.4 is 5.32 Å². The molecule has 1 amide bonds. The van der Waals surface area contributed by atoms with Gasteiger partial charge >= 0.3 is 5.97 Å².